The summed E-state index contributed by atoms with van der Waals surface area (Å²) >= 11 is 0. The smallest absolute Gasteiger partial charge is 0.272 e. The minimum atomic E-state index is -0.373. The van der Waals surface area contributed by atoms with Gasteiger partial charge in [0, 0.05) is 18.1 Å². The largest absolute Gasteiger partial charge is 0.370 e. The number of primary amides is 1. The van der Waals surface area contributed by atoms with Crippen LogP contribution < -0.4 is 11.1 Å². The van der Waals surface area contributed by atoms with Crippen LogP contribution in [0.3, 0.4) is 0 Å². The van der Waals surface area contributed by atoms with Gasteiger partial charge in [0.25, 0.3) is 5.69 Å². The summed E-state index contributed by atoms with van der Waals surface area (Å²) in [6, 6.07) is 6.70. The first-order valence-electron chi connectivity index (χ1n) is 5.82. The fourth-order valence-corrected chi connectivity index (χ4v) is 1.64. The Morgan fingerprint density at radius 1 is 1.33 bits per heavy atom. The lowest BCUT2D eigenvalue weighted by molar-refractivity contribution is -0.385. The van der Waals surface area contributed by atoms with Crippen molar-refractivity contribution in [3.8, 4) is 0 Å². The van der Waals surface area contributed by atoms with Gasteiger partial charge >= 0.3 is 0 Å². The number of carbonyl (C=O) groups excluding carboxylic acids is 1. The minimum Gasteiger partial charge on any atom is -0.370 e. The van der Waals surface area contributed by atoms with Gasteiger partial charge in [0.1, 0.15) is 0 Å². The van der Waals surface area contributed by atoms with E-state index < -0.39 is 0 Å². The minimum absolute atomic E-state index is 0.149. The Hall–Kier alpha value is -1.95. The second-order valence-electron chi connectivity index (χ2n) is 3.96. The molecular weight excluding hydrogens is 234 g/mol. The highest BCUT2D eigenvalue weighted by Gasteiger charge is 2.11. The van der Waals surface area contributed by atoms with Crippen LogP contribution in [0, 0.1) is 10.1 Å². The number of carbonyl (C=O) groups is 1. The molecule has 0 atom stereocenters. The highest BCUT2D eigenvalue weighted by molar-refractivity contribution is 5.73. The number of nitrogens with one attached hydrogen (secondary N) is 1. The molecule has 1 rings (SSSR count). The molecule has 0 aliphatic heterocycles. The van der Waals surface area contributed by atoms with Gasteiger partial charge in [-0.15, -0.1) is 0 Å². The Morgan fingerprint density at radius 3 is 2.72 bits per heavy atom. The Bertz CT molecular complexity index is 421. The van der Waals surface area contributed by atoms with E-state index in [0.29, 0.717) is 37.9 Å². The number of hydrogen-bond acceptors (Lipinski definition) is 4. The van der Waals surface area contributed by atoms with Gasteiger partial charge in [-0.05, 0) is 25.9 Å². The molecule has 0 heterocycles. The molecule has 0 spiro atoms. The van der Waals surface area contributed by atoms with E-state index in [1.165, 1.54) is 6.07 Å². The molecule has 0 radical (unpaired) electrons. The summed E-state index contributed by atoms with van der Waals surface area (Å²) in [6.45, 7) is 1.33. The third kappa shape index (κ3) is 4.92. The molecule has 1 aromatic rings. The van der Waals surface area contributed by atoms with Crippen LogP contribution in [0.5, 0.6) is 0 Å². The lowest BCUT2D eigenvalue weighted by Crippen LogP contribution is -2.21. The van der Waals surface area contributed by atoms with E-state index in [0.717, 1.165) is 0 Å². The molecule has 6 nitrogen and oxygen atoms in total. The van der Waals surface area contributed by atoms with Crippen molar-refractivity contribution in [1.29, 1.82) is 0 Å². The monoisotopic (exact) mass is 251 g/mol. The van der Waals surface area contributed by atoms with E-state index in [1.54, 1.807) is 18.2 Å². The van der Waals surface area contributed by atoms with Crippen LogP contribution in [0.4, 0.5) is 5.69 Å². The molecule has 1 amide bonds. The molecule has 0 aromatic heterocycles. The van der Waals surface area contributed by atoms with Gasteiger partial charge in [-0.1, -0.05) is 18.2 Å². The number of para-hydroxylation sites is 1. The Balaban J connectivity index is 2.31. The third-order valence-corrected chi connectivity index (χ3v) is 2.54. The Labute approximate surface area is 105 Å². The van der Waals surface area contributed by atoms with Gasteiger partial charge in [-0.3, -0.25) is 14.9 Å². The van der Waals surface area contributed by atoms with E-state index in [1.807, 2.05) is 0 Å². The van der Waals surface area contributed by atoms with Crippen molar-refractivity contribution in [3.63, 3.8) is 0 Å². The van der Waals surface area contributed by atoms with Crippen LogP contribution >= 0.6 is 0 Å². The summed E-state index contributed by atoms with van der Waals surface area (Å²) < 4.78 is 0. The molecule has 1 aromatic carbocycles. The predicted molar refractivity (Wildman–Crippen MR) is 68.1 cm³/mol. The standard InChI is InChI=1S/C12H17N3O3/c13-12(16)6-3-8-14-9-7-10-4-1-2-5-11(10)15(17)18/h1-2,4-5,14H,3,6-9H2,(H2,13,16). The maximum absolute atomic E-state index is 10.8. The lowest BCUT2D eigenvalue weighted by atomic mass is 10.1. The molecule has 0 bridgehead atoms. The lowest BCUT2D eigenvalue weighted by Gasteiger charge is -2.04. The molecule has 98 valence electrons. The van der Waals surface area contributed by atoms with Gasteiger partial charge in [0.05, 0.1) is 4.92 Å². The van der Waals surface area contributed by atoms with E-state index in [-0.39, 0.29) is 16.5 Å². The summed E-state index contributed by atoms with van der Waals surface area (Å²) in [5.74, 6) is -0.310. The first-order chi connectivity index (χ1) is 8.61. The van der Waals surface area contributed by atoms with Crippen molar-refractivity contribution in [2.45, 2.75) is 19.3 Å². The van der Waals surface area contributed by atoms with Crippen molar-refractivity contribution in [2.75, 3.05) is 13.1 Å². The van der Waals surface area contributed by atoms with Crippen LogP contribution in [0.2, 0.25) is 0 Å². The van der Waals surface area contributed by atoms with E-state index in [4.69, 9.17) is 5.73 Å². The fourth-order valence-electron chi connectivity index (χ4n) is 1.64. The van der Waals surface area contributed by atoms with Crippen LogP contribution in [-0.4, -0.2) is 23.9 Å². The summed E-state index contributed by atoms with van der Waals surface area (Å²) in [5.41, 5.74) is 5.87. The number of nitro groups is 1. The van der Waals surface area contributed by atoms with E-state index in [2.05, 4.69) is 5.32 Å². The zero-order chi connectivity index (χ0) is 13.4. The Kier molecular flexibility index (Phi) is 5.79. The van der Waals surface area contributed by atoms with Crippen LogP contribution in [0.15, 0.2) is 24.3 Å². The number of nitrogens with two attached hydrogens (primary N) is 1. The van der Waals surface area contributed by atoms with Crippen LogP contribution in [0.1, 0.15) is 18.4 Å². The molecule has 3 N–H and O–H groups in total. The molecule has 0 aliphatic carbocycles. The second-order valence-corrected chi connectivity index (χ2v) is 3.96. The van der Waals surface area contributed by atoms with Gasteiger partial charge in [-0.25, -0.2) is 0 Å². The zero-order valence-corrected chi connectivity index (χ0v) is 10.1. The number of nitro benzene ring substituents is 1. The molecule has 0 unspecified atom stereocenters. The average molecular weight is 251 g/mol. The number of hydrogen-bond donors (Lipinski definition) is 2. The van der Waals surface area contributed by atoms with E-state index >= 15 is 0 Å². The average Bonchev–Trinajstić information content (AvgIpc) is 2.33. The zero-order valence-electron chi connectivity index (χ0n) is 10.1. The molecule has 6 heteroatoms. The van der Waals surface area contributed by atoms with Crippen LogP contribution in [0.25, 0.3) is 0 Å². The van der Waals surface area contributed by atoms with Crippen molar-refractivity contribution < 1.29 is 9.72 Å². The first-order valence-corrected chi connectivity index (χ1v) is 5.82. The highest BCUT2D eigenvalue weighted by atomic mass is 16.6. The summed E-state index contributed by atoms with van der Waals surface area (Å²) in [5, 5.41) is 13.9. The predicted octanol–water partition coefficient (Wildman–Crippen LogP) is 0.992. The summed E-state index contributed by atoms with van der Waals surface area (Å²) in [6.07, 6.45) is 1.64. The van der Waals surface area contributed by atoms with E-state index in [9.17, 15) is 14.9 Å². The summed E-state index contributed by atoms with van der Waals surface area (Å²) in [4.78, 5) is 20.9. The molecular formula is C12H17N3O3. The van der Waals surface area contributed by atoms with Gasteiger partial charge in [0.15, 0.2) is 0 Å². The molecule has 18 heavy (non-hydrogen) atoms. The molecule has 0 saturated heterocycles. The van der Waals surface area contributed by atoms with Crippen LogP contribution in [-0.2, 0) is 11.2 Å². The molecule has 0 saturated carbocycles. The maximum Gasteiger partial charge on any atom is 0.272 e. The van der Waals surface area contributed by atoms with Crippen molar-refractivity contribution in [3.05, 3.63) is 39.9 Å². The van der Waals surface area contributed by atoms with Gasteiger partial charge in [-0.2, -0.15) is 0 Å². The van der Waals surface area contributed by atoms with Crippen molar-refractivity contribution in [1.82, 2.24) is 5.32 Å². The van der Waals surface area contributed by atoms with Crippen molar-refractivity contribution in [2.24, 2.45) is 5.73 Å². The highest BCUT2D eigenvalue weighted by Crippen LogP contribution is 2.17. The number of amides is 1. The number of rotatable bonds is 8. The number of benzene rings is 1. The topological polar surface area (TPSA) is 98.3 Å². The fraction of sp³-hybridized carbons (Fsp3) is 0.417. The quantitative estimate of drug-likeness (QED) is 0.409. The SMILES string of the molecule is NC(=O)CCCNCCc1ccccc1[N+](=O)[O-]. The molecule has 0 fully saturated rings. The normalized spacial score (nSPS) is 10.2. The maximum atomic E-state index is 10.8. The second kappa shape index (κ2) is 7.39. The molecule has 0 aliphatic rings. The van der Waals surface area contributed by atoms with Crippen molar-refractivity contribution >= 4 is 11.6 Å². The van der Waals surface area contributed by atoms with Gasteiger partial charge in [0.2, 0.25) is 5.91 Å². The number of nitrogens with zero attached hydrogens (tertiary/aromatic N) is 1. The first kappa shape index (κ1) is 14.1. The summed E-state index contributed by atoms with van der Waals surface area (Å²) in [7, 11) is 0. The Morgan fingerprint density at radius 2 is 2.06 bits per heavy atom. The third-order valence-electron chi connectivity index (χ3n) is 2.54. The van der Waals surface area contributed by atoms with Gasteiger partial charge < -0.3 is 11.1 Å².